The smallest absolute Gasteiger partial charge is 0.251 e. The number of nitrogens with one attached hydrogen (secondary N) is 1. The second-order valence-corrected chi connectivity index (χ2v) is 3.28. The standard InChI is InChI=1S/C8H15F2N3/c1-8(5-11,12-2)6-13(3)4-7(9)10/h7,12H,4,6H2,1-3H3. The monoisotopic (exact) mass is 191 g/mol. The highest BCUT2D eigenvalue weighted by Crippen LogP contribution is 2.05. The van der Waals surface area contributed by atoms with Crippen LogP contribution in [0.25, 0.3) is 0 Å². The summed E-state index contributed by atoms with van der Waals surface area (Å²) in [6.45, 7) is 1.65. The van der Waals surface area contributed by atoms with E-state index in [-0.39, 0.29) is 13.1 Å². The molecule has 0 amide bonds. The summed E-state index contributed by atoms with van der Waals surface area (Å²) in [5.41, 5.74) is -0.760. The van der Waals surface area contributed by atoms with Crippen LogP contribution in [0.15, 0.2) is 0 Å². The number of nitrogens with zero attached hydrogens (tertiary/aromatic N) is 2. The van der Waals surface area contributed by atoms with E-state index in [1.54, 1.807) is 21.0 Å². The van der Waals surface area contributed by atoms with Gasteiger partial charge in [0.1, 0.15) is 5.54 Å². The molecule has 5 heteroatoms. The van der Waals surface area contributed by atoms with Gasteiger partial charge in [-0.05, 0) is 21.0 Å². The lowest BCUT2D eigenvalue weighted by molar-refractivity contribution is 0.0929. The fraction of sp³-hybridized carbons (Fsp3) is 0.875. The maximum atomic E-state index is 11.9. The van der Waals surface area contributed by atoms with Crippen molar-refractivity contribution in [2.75, 3.05) is 27.2 Å². The van der Waals surface area contributed by atoms with Gasteiger partial charge in [0, 0.05) is 6.54 Å². The van der Waals surface area contributed by atoms with Crippen molar-refractivity contribution >= 4 is 0 Å². The maximum absolute atomic E-state index is 11.9. The molecule has 0 rings (SSSR count). The number of halogens is 2. The van der Waals surface area contributed by atoms with E-state index < -0.39 is 12.0 Å². The molecular weight excluding hydrogens is 176 g/mol. The Hall–Kier alpha value is -0.730. The van der Waals surface area contributed by atoms with Crippen LogP contribution in [0.2, 0.25) is 0 Å². The van der Waals surface area contributed by atoms with E-state index in [0.717, 1.165) is 0 Å². The number of alkyl halides is 2. The molecule has 0 spiro atoms. The van der Waals surface area contributed by atoms with Crippen LogP contribution in [0.3, 0.4) is 0 Å². The van der Waals surface area contributed by atoms with Gasteiger partial charge < -0.3 is 5.32 Å². The Morgan fingerprint density at radius 2 is 2.15 bits per heavy atom. The molecule has 3 nitrogen and oxygen atoms in total. The fourth-order valence-electron chi connectivity index (χ4n) is 1.01. The molecule has 1 unspecified atom stereocenters. The topological polar surface area (TPSA) is 39.1 Å². The van der Waals surface area contributed by atoms with Gasteiger partial charge in [0.15, 0.2) is 0 Å². The fourth-order valence-corrected chi connectivity index (χ4v) is 1.01. The minimum absolute atomic E-state index is 0.282. The van der Waals surface area contributed by atoms with Crippen LogP contribution in [-0.2, 0) is 0 Å². The van der Waals surface area contributed by atoms with E-state index in [1.165, 1.54) is 4.90 Å². The Kier molecular flexibility index (Phi) is 4.81. The van der Waals surface area contributed by atoms with E-state index in [4.69, 9.17) is 5.26 Å². The lowest BCUT2D eigenvalue weighted by atomic mass is 10.1. The molecule has 0 aliphatic rings. The van der Waals surface area contributed by atoms with E-state index in [9.17, 15) is 8.78 Å². The van der Waals surface area contributed by atoms with Gasteiger partial charge in [0.25, 0.3) is 6.43 Å². The van der Waals surface area contributed by atoms with Gasteiger partial charge in [0.2, 0.25) is 0 Å². The van der Waals surface area contributed by atoms with Crippen LogP contribution < -0.4 is 5.32 Å². The zero-order valence-electron chi connectivity index (χ0n) is 8.14. The summed E-state index contributed by atoms with van der Waals surface area (Å²) < 4.78 is 23.8. The predicted molar refractivity (Wildman–Crippen MR) is 46.6 cm³/mol. The number of nitriles is 1. The number of rotatable bonds is 5. The van der Waals surface area contributed by atoms with Crippen molar-refractivity contribution in [3.63, 3.8) is 0 Å². The molecule has 0 saturated carbocycles. The van der Waals surface area contributed by atoms with E-state index in [1.807, 2.05) is 6.07 Å². The Morgan fingerprint density at radius 3 is 2.46 bits per heavy atom. The normalized spacial score (nSPS) is 15.8. The Balaban J connectivity index is 4.03. The number of likely N-dealkylation sites (N-methyl/N-ethyl adjacent to an activating group) is 2. The molecule has 0 aromatic rings. The minimum Gasteiger partial charge on any atom is -0.302 e. The van der Waals surface area contributed by atoms with Crippen molar-refractivity contribution in [1.29, 1.82) is 5.26 Å². The minimum atomic E-state index is -2.36. The van der Waals surface area contributed by atoms with Crippen molar-refractivity contribution in [2.45, 2.75) is 18.9 Å². The van der Waals surface area contributed by atoms with E-state index >= 15 is 0 Å². The van der Waals surface area contributed by atoms with Gasteiger partial charge in [-0.2, -0.15) is 5.26 Å². The zero-order valence-corrected chi connectivity index (χ0v) is 8.14. The highest BCUT2D eigenvalue weighted by molar-refractivity contribution is 5.04. The molecule has 0 radical (unpaired) electrons. The number of hydrogen-bond donors (Lipinski definition) is 1. The Morgan fingerprint density at radius 1 is 1.62 bits per heavy atom. The molecule has 0 aliphatic heterocycles. The molecule has 0 bridgehead atoms. The molecule has 0 saturated heterocycles. The summed E-state index contributed by atoms with van der Waals surface area (Å²) in [7, 11) is 3.21. The van der Waals surface area contributed by atoms with Crippen LogP contribution >= 0.6 is 0 Å². The van der Waals surface area contributed by atoms with Crippen molar-refractivity contribution in [1.82, 2.24) is 10.2 Å². The van der Waals surface area contributed by atoms with Crippen molar-refractivity contribution in [3.05, 3.63) is 0 Å². The van der Waals surface area contributed by atoms with Crippen LogP contribution in [0.4, 0.5) is 8.78 Å². The Bertz CT molecular complexity index is 190. The molecule has 0 fully saturated rings. The largest absolute Gasteiger partial charge is 0.302 e. The second-order valence-electron chi connectivity index (χ2n) is 3.28. The summed E-state index contributed by atoms with van der Waals surface area (Å²) in [6, 6.07) is 2.03. The molecule has 1 atom stereocenters. The molecule has 0 aromatic carbocycles. The molecule has 0 aromatic heterocycles. The van der Waals surface area contributed by atoms with Gasteiger partial charge in [0.05, 0.1) is 12.6 Å². The van der Waals surface area contributed by atoms with Gasteiger partial charge in [-0.3, -0.25) is 4.90 Å². The lowest BCUT2D eigenvalue weighted by Crippen LogP contribution is -2.48. The van der Waals surface area contributed by atoms with Gasteiger partial charge >= 0.3 is 0 Å². The molecule has 13 heavy (non-hydrogen) atoms. The first-order valence-electron chi connectivity index (χ1n) is 4.00. The van der Waals surface area contributed by atoms with Crippen molar-refractivity contribution < 1.29 is 8.78 Å². The quantitative estimate of drug-likeness (QED) is 0.694. The zero-order chi connectivity index (χ0) is 10.5. The van der Waals surface area contributed by atoms with Crippen LogP contribution in [-0.4, -0.2) is 44.0 Å². The highest BCUT2D eigenvalue weighted by Gasteiger charge is 2.24. The first-order chi connectivity index (χ1) is 5.93. The van der Waals surface area contributed by atoms with E-state index in [0.29, 0.717) is 0 Å². The third kappa shape index (κ3) is 4.76. The van der Waals surface area contributed by atoms with Crippen LogP contribution in [0.1, 0.15) is 6.92 Å². The average Bonchev–Trinajstić information content (AvgIpc) is 2.02. The van der Waals surface area contributed by atoms with E-state index in [2.05, 4.69) is 5.32 Å². The summed E-state index contributed by atoms with van der Waals surface area (Å²) in [6.07, 6.45) is -2.36. The van der Waals surface area contributed by atoms with Gasteiger partial charge in [-0.15, -0.1) is 0 Å². The van der Waals surface area contributed by atoms with Gasteiger partial charge in [-0.25, -0.2) is 8.78 Å². The summed E-state index contributed by atoms with van der Waals surface area (Å²) >= 11 is 0. The first-order valence-corrected chi connectivity index (χ1v) is 4.00. The van der Waals surface area contributed by atoms with Crippen LogP contribution in [0.5, 0.6) is 0 Å². The van der Waals surface area contributed by atoms with Crippen LogP contribution in [0, 0.1) is 11.3 Å². The Labute approximate surface area is 77.3 Å². The summed E-state index contributed by atoms with van der Waals surface area (Å²) in [5, 5.41) is 11.5. The van der Waals surface area contributed by atoms with Crippen molar-refractivity contribution in [3.8, 4) is 6.07 Å². The molecule has 0 aliphatic carbocycles. The third-order valence-electron chi connectivity index (χ3n) is 1.83. The molecule has 0 heterocycles. The average molecular weight is 191 g/mol. The highest BCUT2D eigenvalue weighted by atomic mass is 19.3. The third-order valence-corrected chi connectivity index (χ3v) is 1.83. The summed E-state index contributed by atoms with van der Waals surface area (Å²) in [5.74, 6) is 0. The van der Waals surface area contributed by atoms with Crippen molar-refractivity contribution in [2.24, 2.45) is 0 Å². The predicted octanol–water partition coefficient (Wildman–Crippen LogP) is 0.685. The first kappa shape index (κ1) is 12.3. The van der Waals surface area contributed by atoms with Gasteiger partial charge in [-0.1, -0.05) is 0 Å². The number of hydrogen-bond acceptors (Lipinski definition) is 3. The maximum Gasteiger partial charge on any atom is 0.251 e. The second kappa shape index (κ2) is 5.10. The molecular formula is C8H15F2N3. The molecule has 76 valence electrons. The SMILES string of the molecule is CNC(C)(C#N)CN(C)CC(F)F. The molecule has 1 N–H and O–H groups in total. The summed E-state index contributed by atoms with van der Waals surface area (Å²) in [4.78, 5) is 1.43. The lowest BCUT2D eigenvalue weighted by Gasteiger charge is -2.26.